The number of hydrogen-bond donors (Lipinski definition) is 0. The zero-order valence-corrected chi connectivity index (χ0v) is 6.02. The van der Waals surface area contributed by atoms with Crippen LogP contribution >= 0.6 is 0 Å². The SMILES string of the molecule is Cc1cc2c3c(c1)CN3C2. The van der Waals surface area contributed by atoms with Crippen LogP contribution in [0.1, 0.15) is 16.7 Å². The summed E-state index contributed by atoms with van der Waals surface area (Å²) in [6.45, 7) is 4.58. The van der Waals surface area contributed by atoms with E-state index in [4.69, 9.17) is 0 Å². The van der Waals surface area contributed by atoms with E-state index in [-0.39, 0.29) is 0 Å². The van der Waals surface area contributed by atoms with Gasteiger partial charge in [0.05, 0.1) is 0 Å². The van der Waals surface area contributed by atoms with Gasteiger partial charge >= 0.3 is 0 Å². The average molecular weight is 131 g/mol. The number of aryl methyl sites for hydroxylation is 1. The summed E-state index contributed by atoms with van der Waals surface area (Å²) >= 11 is 0. The van der Waals surface area contributed by atoms with Crippen molar-refractivity contribution in [3.63, 3.8) is 0 Å². The van der Waals surface area contributed by atoms with E-state index in [1.54, 1.807) is 11.1 Å². The van der Waals surface area contributed by atoms with Crippen molar-refractivity contribution in [2.24, 2.45) is 0 Å². The molecule has 0 saturated carbocycles. The van der Waals surface area contributed by atoms with E-state index in [0.717, 1.165) is 0 Å². The predicted molar refractivity (Wildman–Crippen MR) is 41.1 cm³/mol. The van der Waals surface area contributed by atoms with Crippen LogP contribution in [-0.4, -0.2) is 0 Å². The van der Waals surface area contributed by atoms with Crippen molar-refractivity contribution >= 4 is 5.69 Å². The van der Waals surface area contributed by atoms with E-state index in [0.29, 0.717) is 0 Å². The Labute approximate surface area is 60.3 Å². The maximum atomic E-state index is 2.42. The number of benzene rings is 1. The molecule has 0 saturated heterocycles. The molecule has 10 heavy (non-hydrogen) atoms. The fourth-order valence-corrected chi connectivity index (χ4v) is 2.02. The molecule has 1 heteroatoms. The summed E-state index contributed by atoms with van der Waals surface area (Å²) in [6, 6.07) is 4.60. The Balaban J connectivity index is 2.36. The molecule has 50 valence electrons. The lowest BCUT2D eigenvalue weighted by Crippen LogP contribution is -2.41. The fourth-order valence-electron chi connectivity index (χ4n) is 2.02. The van der Waals surface area contributed by atoms with Crippen LogP contribution in [-0.2, 0) is 13.1 Å². The lowest BCUT2D eigenvalue weighted by Gasteiger charge is -2.46. The molecule has 0 N–H and O–H groups in total. The van der Waals surface area contributed by atoms with Crippen LogP contribution in [0.3, 0.4) is 0 Å². The second-order valence-electron chi connectivity index (χ2n) is 3.29. The van der Waals surface area contributed by atoms with Gasteiger partial charge in [0.25, 0.3) is 0 Å². The van der Waals surface area contributed by atoms with Gasteiger partial charge in [0, 0.05) is 18.8 Å². The third kappa shape index (κ3) is 0.348. The zero-order valence-electron chi connectivity index (χ0n) is 6.02. The number of rotatable bonds is 0. The van der Waals surface area contributed by atoms with Crippen LogP contribution in [0, 0.1) is 6.92 Å². The molecule has 2 aliphatic rings. The monoisotopic (exact) mass is 131 g/mol. The third-order valence-corrected chi connectivity index (χ3v) is 2.45. The second-order valence-corrected chi connectivity index (χ2v) is 3.29. The molecule has 0 atom stereocenters. The van der Waals surface area contributed by atoms with E-state index in [1.165, 1.54) is 24.3 Å². The van der Waals surface area contributed by atoms with Crippen LogP contribution < -0.4 is 4.90 Å². The summed E-state index contributed by atoms with van der Waals surface area (Å²) in [6.07, 6.45) is 0. The highest BCUT2D eigenvalue weighted by molar-refractivity contribution is 5.75. The largest absolute Gasteiger partial charge is 0.362 e. The van der Waals surface area contributed by atoms with Crippen molar-refractivity contribution in [1.29, 1.82) is 0 Å². The molecule has 0 amide bonds. The fraction of sp³-hybridized carbons (Fsp3) is 0.333. The van der Waals surface area contributed by atoms with Crippen molar-refractivity contribution < 1.29 is 0 Å². The molecule has 0 spiro atoms. The Morgan fingerprint density at radius 3 is 2.30 bits per heavy atom. The molecular formula is C9H9N. The quantitative estimate of drug-likeness (QED) is 0.519. The first-order valence-electron chi connectivity index (χ1n) is 3.72. The van der Waals surface area contributed by atoms with Gasteiger partial charge in [-0.3, -0.25) is 0 Å². The molecule has 0 bridgehead atoms. The molecule has 0 fully saturated rings. The van der Waals surface area contributed by atoms with Gasteiger partial charge in [-0.15, -0.1) is 0 Å². The van der Waals surface area contributed by atoms with Crippen molar-refractivity contribution in [3.05, 3.63) is 28.8 Å². The van der Waals surface area contributed by atoms with Crippen LogP contribution in [0.4, 0.5) is 5.69 Å². The van der Waals surface area contributed by atoms with Gasteiger partial charge in [-0.25, -0.2) is 0 Å². The zero-order chi connectivity index (χ0) is 6.72. The molecule has 2 aliphatic heterocycles. The summed E-state index contributed by atoms with van der Waals surface area (Å²) in [5.74, 6) is 0. The van der Waals surface area contributed by atoms with E-state index < -0.39 is 0 Å². The van der Waals surface area contributed by atoms with Gasteiger partial charge in [0.1, 0.15) is 0 Å². The molecule has 0 aromatic heterocycles. The van der Waals surface area contributed by atoms with Crippen molar-refractivity contribution in [1.82, 2.24) is 0 Å². The topological polar surface area (TPSA) is 3.24 Å². The van der Waals surface area contributed by atoms with Crippen molar-refractivity contribution in [2.45, 2.75) is 20.0 Å². The van der Waals surface area contributed by atoms with E-state index in [1.807, 2.05) is 0 Å². The van der Waals surface area contributed by atoms with Crippen LogP contribution in [0.25, 0.3) is 0 Å². The van der Waals surface area contributed by atoms with Gasteiger partial charge in [0.2, 0.25) is 0 Å². The summed E-state index contributed by atoms with van der Waals surface area (Å²) in [5.41, 5.74) is 6.07. The van der Waals surface area contributed by atoms with Crippen molar-refractivity contribution in [2.75, 3.05) is 4.90 Å². The van der Waals surface area contributed by atoms with E-state index >= 15 is 0 Å². The highest BCUT2D eigenvalue weighted by atomic mass is 15.2. The van der Waals surface area contributed by atoms with Crippen LogP contribution in [0.15, 0.2) is 12.1 Å². The number of nitrogens with zero attached hydrogens (tertiary/aromatic N) is 1. The Kier molecular flexibility index (Phi) is 0.581. The minimum Gasteiger partial charge on any atom is -0.362 e. The smallest absolute Gasteiger partial charge is 0.0473 e. The first-order valence-corrected chi connectivity index (χ1v) is 3.72. The number of hydrogen-bond acceptors (Lipinski definition) is 1. The Bertz CT molecular complexity index is 287. The molecule has 0 aliphatic carbocycles. The Morgan fingerprint density at radius 2 is 1.80 bits per heavy atom. The van der Waals surface area contributed by atoms with Crippen LogP contribution in [0.5, 0.6) is 0 Å². The number of anilines is 1. The van der Waals surface area contributed by atoms with Crippen molar-refractivity contribution in [3.8, 4) is 0 Å². The molecule has 1 aromatic rings. The van der Waals surface area contributed by atoms with E-state index in [9.17, 15) is 0 Å². The maximum Gasteiger partial charge on any atom is 0.0473 e. The van der Waals surface area contributed by atoms with Gasteiger partial charge < -0.3 is 4.90 Å². The normalized spacial score (nSPS) is 17.5. The standard InChI is InChI=1S/C9H9N/c1-6-2-7-4-10-5-8(3-6)9(7)10/h2-3H,4-5H2,1H3. The first kappa shape index (κ1) is 4.78. The molecular weight excluding hydrogens is 122 g/mol. The molecule has 1 aromatic carbocycles. The lowest BCUT2D eigenvalue weighted by atomic mass is 9.88. The first-order chi connectivity index (χ1) is 4.84. The predicted octanol–water partition coefficient (Wildman–Crippen LogP) is 1.83. The minimum absolute atomic E-state index is 1.20. The van der Waals surface area contributed by atoms with Gasteiger partial charge in [-0.1, -0.05) is 17.7 Å². The molecule has 2 heterocycles. The molecule has 0 unspecified atom stereocenters. The Hall–Kier alpha value is -0.980. The van der Waals surface area contributed by atoms with E-state index in [2.05, 4.69) is 24.0 Å². The van der Waals surface area contributed by atoms with Crippen LogP contribution in [0.2, 0.25) is 0 Å². The highest BCUT2D eigenvalue weighted by Crippen LogP contribution is 2.46. The average Bonchev–Trinajstić information content (AvgIpc) is 1.78. The highest BCUT2D eigenvalue weighted by Gasteiger charge is 2.33. The van der Waals surface area contributed by atoms with Gasteiger partial charge in [-0.05, 0) is 18.1 Å². The minimum atomic E-state index is 1.20. The summed E-state index contributed by atoms with van der Waals surface area (Å²) in [4.78, 5) is 2.42. The Morgan fingerprint density at radius 1 is 1.20 bits per heavy atom. The van der Waals surface area contributed by atoms with Gasteiger partial charge in [0.15, 0.2) is 0 Å². The second kappa shape index (κ2) is 1.22. The molecule has 0 radical (unpaired) electrons. The summed E-state index contributed by atoms with van der Waals surface area (Å²) in [5, 5.41) is 0. The third-order valence-electron chi connectivity index (χ3n) is 2.45. The molecule has 3 rings (SSSR count). The lowest BCUT2D eigenvalue weighted by molar-refractivity contribution is 0.660. The van der Waals surface area contributed by atoms with Gasteiger partial charge in [-0.2, -0.15) is 0 Å². The summed E-state index contributed by atoms with van der Waals surface area (Å²) < 4.78 is 0. The molecule has 1 nitrogen and oxygen atoms in total. The summed E-state index contributed by atoms with van der Waals surface area (Å²) in [7, 11) is 0. The maximum absolute atomic E-state index is 2.42.